The second kappa shape index (κ2) is 5.81. The molecule has 0 amide bonds. The van der Waals surface area contributed by atoms with Gasteiger partial charge in [-0.05, 0) is 25.5 Å². The van der Waals surface area contributed by atoms with E-state index in [0.29, 0.717) is 24.9 Å². The van der Waals surface area contributed by atoms with Crippen molar-refractivity contribution in [1.29, 1.82) is 0 Å². The third-order valence-corrected chi connectivity index (χ3v) is 8.76. The molecule has 0 fully saturated rings. The summed E-state index contributed by atoms with van der Waals surface area (Å²) in [7, 11) is -7.46. The Morgan fingerprint density at radius 3 is 2.76 bits per heavy atom. The number of primary sulfonamides is 1. The first kappa shape index (κ1) is 16.6. The molecule has 0 saturated carbocycles. The maximum atomic E-state index is 12.6. The fourth-order valence-corrected chi connectivity index (χ4v) is 7.15. The van der Waals surface area contributed by atoms with E-state index in [4.69, 9.17) is 5.14 Å². The van der Waals surface area contributed by atoms with Gasteiger partial charge in [-0.1, -0.05) is 13.0 Å². The molecule has 6 nitrogen and oxygen atoms in total. The van der Waals surface area contributed by atoms with Crippen molar-refractivity contribution in [2.75, 3.05) is 6.54 Å². The van der Waals surface area contributed by atoms with Gasteiger partial charge in [0.15, 0.2) is 9.84 Å². The monoisotopic (exact) mass is 350 g/mol. The summed E-state index contributed by atoms with van der Waals surface area (Å²) in [5.74, 6) is 0. The number of thiophene rings is 1. The number of nitrogens with two attached hydrogens (primary N) is 1. The lowest BCUT2D eigenvalue weighted by Crippen LogP contribution is -2.34. The summed E-state index contributed by atoms with van der Waals surface area (Å²) in [6.45, 7) is 6.17. The van der Waals surface area contributed by atoms with E-state index in [1.165, 1.54) is 6.07 Å². The molecular weight excluding hydrogens is 332 g/mol. The van der Waals surface area contributed by atoms with E-state index in [0.717, 1.165) is 11.3 Å². The quantitative estimate of drug-likeness (QED) is 0.775. The number of rotatable bonds is 5. The Hall–Kier alpha value is -0.740. The normalized spacial score (nSPS) is 24.5. The van der Waals surface area contributed by atoms with Gasteiger partial charge in [-0.25, -0.2) is 22.0 Å². The van der Waals surface area contributed by atoms with Gasteiger partial charge in [-0.15, -0.1) is 17.9 Å². The van der Waals surface area contributed by atoms with Crippen LogP contribution in [0.15, 0.2) is 27.1 Å². The first-order chi connectivity index (χ1) is 9.71. The van der Waals surface area contributed by atoms with Gasteiger partial charge < -0.3 is 5.32 Å². The number of hydrogen-bond acceptors (Lipinski definition) is 6. The molecule has 21 heavy (non-hydrogen) atoms. The molecule has 2 rings (SSSR count). The van der Waals surface area contributed by atoms with Crippen LogP contribution < -0.4 is 10.5 Å². The van der Waals surface area contributed by atoms with Crippen molar-refractivity contribution in [3.63, 3.8) is 0 Å². The highest BCUT2D eigenvalue weighted by Gasteiger charge is 2.40. The van der Waals surface area contributed by atoms with Crippen molar-refractivity contribution in [3.05, 3.63) is 24.3 Å². The summed E-state index contributed by atoms with van der Waals surface area (Å²) < 4.78 is 48.1. The maximum Gasteiger partial charge on any atom is 0.247 e. The highest BCUT2D eigenvalue weighted by molar-refractivity contribution is 7.95. The fraction of sp³-hybridized carbons (Fsp3) is 0.500. The molecule has 0 aliphatic carbocycles. The molecule has 1 aromatic heterocycles. The van der Waals surface area contributed by atoms with Gasteiger partial charge in [0, 0.05) is 11.6 Å². The number of hydrogen-bond donors (Lipinski definition) is 2. The van der Waals surface area contributed by atoms with E-state index in [1.54, 1.807) is 6.08 Å². The van der Waals surface area contributed by atoms with E-state index in [1.807, 2.05) is 6.92 Å². The van der Waals surface area contributed by atoms with E-state index in [2.05, 4.69) is 11.9 Å². The smallest absolute Gasteiger partial charge is 0.247 e. The minimum Gasteiger partial charge on any atom is -0.310 e. The van der Waals surface area contributed by atoms with Gasteiger partial charge in [0.25, 0.3) is 0 Å². The molecule has 2 heterocycles. The fourth-order valence-electron chi connectivity index (χ4n) is 2.49. The van der Waals surface area contributed by atoms with Crippen LogP contribution in [0.1, 0.15) is 31.4 Å². The zero-order chi connectivity index (χ0) is 15.8. The minimum atomic E-state index is -3.91. The lowest BCUT2D eigenvalue weighted by molar-refractivity contribution is 0.469. The third-order valence-electron chi connectivity index (χ3n) is 3.43. The van der Waals surface area contributed by atoms with Crippen molar-refractivity contribution in [2.24, 2.45) is 5.14 Å². The Morgan fingerprint density at radius 1 is 1.57 bits per heavy atom. The maximum absolute atomic E-state index is 12.6. The predicted octanol–water partition coefficient (Wildman–Crippen LogP) is 1.17. The summed E-state index contributed by atoms with van der Waals surface area (Å²) in [5, 5.41) is 7.74. The topological polar surface area (TPSA) is 106 Å². The molecule has 0 bridgehead atoms. The first-order valence-electron chi connectivity index (χ1n) is 6.46. The van der Waals surface area contributed by atoms with Crippen LogP contribution >= 0.6 is 11.3 Å². The van der Waals surface area contributed by atoms with Crippen LogP contribution in [-0.2, 0) is 19.9 Å². The molecule has 1 aromatic rings. The largest absolute Gasteiger partial charge is 0.310 e. The van der Waals surface area contributed by atoms with E-state index >= 15 is 0 Å². The molecule has 2 atom stereocenters. The molecule has 0 unspecified atom stereocenters. The highest BCUT2D eigenvalue weighted by atomic mass is 32.3. The van der Waals surface area contributed by atoms with Crippen molar-refractivity contribution in [3.8, 4) is 0 Å². The molecule has 118 valence electrons. The molecule has 1 aliphatic heterocycles. The Balaban J connectivity index is 2.62. The molecule has 0 radical (unpaired) electrons. The van der Waals surface area contributed by atoms with Crippen molar-refractivity contribution < 1.29 is 16.8 Å². The van der Waals surface area contributed by atoms with Crippen molar-refractivity contribution in [2.45, 2.75) is 39.5 Å². The highest BCUT2D eigenvalue weighted by Crippen LogP contribution is 2.43. The molecular formula is C12H18N2O4S3. The van der Waals surface area contributed by atoms with Crippen molar-refractivity contribution >= 4 is 31.2 Å². The van der Waals surface area contributed by atoms with Gasteiger partial charge in [-0.2, -0.15) is 0 Å². The van der Waals surface area contributed by atoms with Gasteiger partial charge in [0.05, 0.1) is 5.25 Å². The molecule has 0 saturated heterocycles. The van der Waals surface area contributed by atoms with E-state index < -0.39 is 25.1 Å². The average Bonchev–Trinajstić information content (AvgIpc) is 2.82. The van der Waals surface area contributed by atoms with Gasteiger partial charge >= 0.3 is 0 Å². The van der Waals surface area contributed by atoms with E-state index in [-0.39, 0.29) is 14.5 Å². The summed E-state index contributed by atoms with van der Waals surface area (Å²) in [4.78, 5) is 0. The summed E-state index contributed by atoms with van der Waals surface area (Å²) in [6, 6.07) is 1.19. The number of sulfone groups is 1. The average molecular weight is 350 g/mol. The summed E-state index contributed by atoms with van der Waals surface area (Å²) in [6.07, 6.45) is 2.31. The zero-order valence-corrected chi connectivity index (χ0v) is 14.0. The van der Waals surface area contributed by atoms with Gasteiger partial charge in [-0.3, -0.25) is 0 Å². The molecule has 0 aromatic carbocycles. The lowest BCUT2D eigenvalue weighted by Gasteiger charge is -2.29. The second-order valence-corrected chi connectivity index (χ2v) is 10.2. The Labute approximate surface area is 129 Å². The standard InChI is InChI=1S/C12H18N2O4S3/c1-3-5-8-6-10(14-4-2)9-7-11(21(13,17)18)19-12(9)20(8,15)16/h3,7-8,10,14H,1,4-6H2,2H3,(H2,13,17,18)/t8-,10+/m0/s1. The van der Waals surface area contributed by atoms with E-state index in [9.17, 15) is 16.8 Å². The van der Waals surface area contributed by atoms with Crippen LogP contribution in [0.25, 0.3) is 0 Å². The Bertz CT molecular complexity index is 749. The van der Waals surface area contributed by atoms with Crippen LogP contribution in [0.5, 0.6) is 0 Å². The van der Waals surface area contributed by atoms with Crippen LogP contribution in [0.2, 0.25) is 0 Å². The third kappa shape index (κ3) is 3.07. The number of allylic oxidation sites excluding steroid dienone is 1. The van der Waals surface area contributed by atoms with Crippen LogP contribution in [0, 0.1) is 0 Å². The number of fused-ring (bicyclic) bond motifs is 1. The van der Waals surface area contributed by atoms with Crippen molar-refractivity contribution in [1.82, 2.24) is 5.32 Å². The van der Waals surface area contributed by atoms with Gasteiger partial charge in [0.2, 0.25) is 10.0 Å². The Kier molecular flexibility index (Phi) is 4.60. The zero-order valence-electron chi connectivity index (χ0n) is 11.6. The number of sulfonamides is 1. The number of nitrogens with one attached hydrogen (secondary N) is 1. The summed E-state index contributed by atoms with van der Waals surface area (Å²) in [5.41, 5.74) is 0.506. The minimum absolute atomic E-state index is 0.107. The predicted molar refractivity (Wildman–Crippen MR) is 82.5 cm³/mol. The Morgan fingerprint density at radius 2 is 2.24 bits per heavy atom. The molecule has 1 aliphatic rings. The second-order valence-electron chi connectivity index (χ2n) is 4.89. The molecule has 9 heteroatoms. The SMILES string of the molecule is C=CC[C@H]1C[C@@H](NCC)c2cc(S(N)(=O)=O)sc2S1(=O)=O. The lowest BCUT2D eigenvalue weighted by atomic mass is 10.0. The molecule has 0 spiro atoms. The van der Waals surface area contributed by atoms with Crippen LogP contribution in [0.4, 0.5) is 0 Å². The van der Waals surface area contributed by atoms with Crippen LogP contribution in [-0.4, -0.2) is 28.6 Å². The van der Waals surface area contributed by atoms with Gasteiger partial charge in [0.1, 0.15) is 8.42 Å². The molecule has 3 N–H and O–H groups in total. The first-order valence-corrected chi connectivity index (χ1v) is 10.4. The summed E-state index contributed by atoms with van der Waals surface area (Å²) >= 11 is 0.733. The van der Waals surface area contributed by atoms with Crippen LogP contribution in [0.3, 0.4) is 0 Å².